The summed E-state index contributed by atoms with van der Waals surface area (Å²) in [6.45, 7) is 4.32. The maximum atomic E-state index is 11.6. The molecule has 0 aliphatic carbocycles. The summed E-state index contributed by atoms with van der Waals surface area (Å²) >= 11 is 0. The molecule has 0 aliphatic heterocycles. The van der Waals surface area contributed by atoms with Crippen molar-refractivity contribution >= 4 is 9.84 Å². The number of aryl methyl sites for hydroxylation is 1. The molecule has 1 aromatic rings. The van der Waals surface area contributed by atoms with Crippen LogP contribution in [0.4, 0.5) is 0 Å². The second-order valence-corrected chi connectivity index (χ2v) is 6.52. The minimum Gasteiger partial charge on any atom is -0.313 e. The van der Waals surface area contributed by atoms with E-state index in [2.05, 4.69) is 15.4 Å². The largest absolute Gasteiger partial charge is 0.313 e. The van der Waals surface area contributed by atoms with E-state index < -0.39 is 9.84 Å². The van der Waals surface area contributed by atoms with Crippen molar-refractivity contribution in [3.63, 3.8) is 0 Å². The van der Waals surface area contributed by atoms with Gasteiger partial charge in [0.25, 0.3) is 0 Å². The minimum absolute atomic E-state index is 0.102. The van der Waals surface area contributed by atoms with Crippen LogP contribution in [0.5, 0.6) is 0 Å². The Bertz CT molecular complexity index is 424. The summed E-state index contributed by atoms with van der Waals surface area (Å²) in [5.74, 6) is 0.853. The molecule has 0 unspecified atom stereocenters. The van der Waals surface area contributed by atoms with Crippen molar-refractivity contribution in [2.24, 2.45) is 0 Å². The Morgan fingerprint density at radius 2 is 2.19 bits per heavy atom. The average Bonchev–Trinajstić information content (AvgIpc) is 2.63. The number of aromatic nitrogens is 3. The van der Waals surface area contributed by atoms with Gasteiger partial charge in [-0.3, -0.25) is 0 Å². The molecule has 0 aromatic carbocycles. The topological polar surface area (TPSA) is 76.9 Å². The molecular formula is C9H18N4O2S. The summed E-state index contributed by atoms with van der Waals surface area (Å²) in [6, 6.07) is 0. The zero-order chi connectivity index (χ0) is 12.2. The number of hydrogen-bond donors (Lipinski definition) is 1. The van der Waals surface area contributed by atoms with Gasteiger partial charge >= 0.3 is 0 Å². The maximum Gasteiger partial charge on any atom is 0.154 e. The van der Waals surface area contributed by atoms with Gasteiger partial charge < -0.3 is 5.32 Å². The maximum absolute atomic E-state index is 11.6. The molecule has 6 nitrogen and oxygen atoms in total. The van der Waals surface area contributed by atoms with Crippen molar-refractivity contribution in [1.82, 2.24) is 20.1 Å². The van der Waals surface area contributed by atoms with Crippen LogP contribution in [-0.2, 0) is 22.9 Å². The first-order valence-corrected chi connectivity index (χ1v) is 6.91. The summed E-state index contributed by atoms with van der Waals surface area (Å²) in [7, 11) is -1.21. The second-order valence-electron chi connectivity index (χ2n) is 3.85. The van der Waals surface area contributed by atoms with Crippen molar-refractivity contribution in [1.29, 1.82) is 0 Å². The summed E-state index contributed by atoms with van der Waals surface area (Å²) in [6.07, 6.45) is 1.44. The Morgan fingerprint density at radius 3 is 2.75 bits per heavy atom. The first-order chi connectivity index (χ1) is 7.47. The van der Waals surface area contributed by atoms with E-state index in [9.17, 15) is 8.42 Å². The lowest BCUT2D eigenvalue weighted by Gasteiger charge is -2.09. The van der Waals surface area contributed by atoms with Crippen LogP contribution in [0.15, 0.2) is 6.33 Å². The molecule has 0 atom stereocenters. The van der Waals surface area contributed by atoms with E-state index >= 15 is 0 Å². The molecular weight excluding hydrogens is 228 g/mol. The molecule has 0 amide bonds. The van der Waals surface area contributed by atoms with Gasteiger partial charge in [-0.25, -0.2) is 18.1 Å². The van der Waals surface area contributed by atoms with Crippen molar-refractivity contribution < 1.29 is 8.42 Å². The highest BCUT2D eigenvalue weighted by Gasteiger charge is 2.16. The molecule has 0 bridgehead atoms. The molecule has 1 rings (SSSR count). The lowest BCUT2D eigenvalue weighted by molar-refractivity contribution is 0.560. The number of sulfone groups is 1. The number of nitrogens with zero attached hydrogens (tertiary/aromatic N) is 3. The zero-order valence-corrected chi connectivity index (χ0v) is 10.7. The van der Waals surface area contributed by atoms with Gasteiger partial charge in [0, 0.05) is 0 Å². The second kappa shape index (κ2) is 5.40. The van der Waals surface area contributed by atoms with Gasteiger partial charge in [0.2, 0.25) is 0 Å². The van der Waals surface area contributed by atoms with Gasteiger partial charge in [0.1, 0.15) is 12.2 Å². The van der Waals surface area contributed by atoms with Crippen LogP contribution >= 0.6 is 0 Å². The molecule has 16 heavy (non-hydrogen) atoms. The fourth-order valence-electron chi connectivity index (χ4n) is 1.22. The fourth-order valence-corrected chi connectivity index (χ4v) is 2.12. The van der Waals surface area contributed by atoms with Gasteiger partial charge in [0.15, 0.2) is 9.84 Å². The van der Waals surface area contributed by atoms with Gasteiger partial charge in [-0.1, -0.05) is 0 Å². The number of nitrogens with one attached hydrogen (secondary N) is 1. The third-order valence-corrected chi connectivity index (χ3v) is 4.52. The van der Waals surface area contributed by atoms with Crippen LogP contribution in [0, 0.1) is 0 Å². The minimum atomic E-state index is -3.02. The van der Waals surface area contributed by atoms with Crippen molar-refractivity contribution in [2.45, 2.75) is 32.2 Å². The standard InChI is InChI=1S/C9H18N4O2S/c1-8(2)16(14,15)5-4-13-9(6-10-3)11-7-12-13/h7-8,10H,4-6H2,1-3H3. The van der Waals surface area contributed by atoms with Crippen LogP contribution in [0.2, 0.25) is 0 Å². The van der Waals surface area contributed by atoms with E-state index in [0.717, 1.165) is 5.82 Å². The van der Waals surface area contributed by atoms with E-state index in [-0.39, 0.29) is 11.0 Å². The van der Waals surface area contributed by atoms with E-state index in [1.807, 2.05) is 7.05 Å². The monoisotopic (exact) mass is 246 g/mol. The molecule has 1 aromatic heterocycles. The van der Waals surface area contributed by atoms with Crippen LogP contribution < -0.4 is 5.32 Å². The first kappa shape index (κ1) is 13.1. The molecule has 1 heterocycles. The summed E-state index contributed by atoms with van der Waals surface area (Å²) in [5.41, 5.74) is 0. The highest BCUT2D eigenvalue weighted by Crippen LogP contribution is 2.02. The van der Waals surface area contributed by atoms with E-state index in [4.69, 9.17) is 0 Å². The predicted octanol–water partition coefficient (Wildman–Crippen LogP) is -0.179. The number of rotatable bonds is 6. The molecule has 0 spiro atoms. The van der Waals surface area contributed by atoms with Crippen LogP contribution in [0.1, 0.15) is 19.7 Å². The summed E-state index contributed by atoms with van der Waals surface area (Å²) in [5, 5.41) is 6.61. The van der Waals surface area contributed by atoms with Gasteiger partial charge in [-0.2, -0.15) is 5.10 Å². The Labute approximate surface area is 96.0 Å². The van der Waals surface area contributed by atoms with Crippen LogP contribution in [-0.4, -0.2) is 41.2 Å². The smallest absolute Gasteiger partial charge is 0.154 e. The molecule has 92 valence electrons. The van der Waals surface area contributed by atoms with Gasteiger partial charge in [-0.05, 0) is 20.9 Å². The fraction of sp³-hybridized carbons (Fsp3) is 0.778. The Hall–Kier alpha value is -0.950. The number of hydrogen-bond acceptors (Lipinski definition) is 5. The summed E-state index contributed by atoms with van der Waals surface area (Å²) < 4.78 is 24.9. The average molecular weight is 246 g/mol. The van der Waals surface area contributed by atoms with Crippen LogP contribution in [0.25, 0.3) is 0 Å². The van der Waals surface area contributed by atoms with Crippen molar-refractivity contribution in [3.05, 3.63) is 12.2 Å². The lowest BCUT2D eigenvalue weighted by Crippen LogP contribution is -2.23. The lowest BCUT2D eigenvalue weighted by atomic mass is 10.5. The van der Waals surface area contributed by atoms with Crippen LogP contribution in [0.3, 0.4) is 0 Å². The SMILES string of the molecule is CNCc1ncnn1CCS(=O)(=O)C(C)C. The van der Waals surface area contributed by atoms with Crippen molar-refractivity contribution in [3.8, 4) is 0 Å². The molecule has 7 heteroatoms. The zero-order valence-electron chi connectivity index (χ0n) is 9.84. The van der Waals surface area contributed by atoms with Crippen molar-refractivity contribution in [2.75, 3.05) is 12.8 Å². The molecule has 0 saturated carbocycles. The first-order valence-electron chi connectivity index (χ1n) is 5.20. The third-order valence-electron chi connectivity index (χ3n) is 2.34. The Balaban J connectivity index is 2.64. The quantitative estimate of drug-likeness (QED) is 0.753. The molecule has 0 saturated heterocycles. The highest BCUT2D eigenvalue weighted by molar-refractivity contribution is 7.91. The Kier molecular flexibility index (Phi) is 4.43. The van der Waals surface area contributed by atoms with E-state index in [0.29, 0.717) is 13.1 Å². The normalized spacial score (nSPS) is 12.2. The van der Waals surface area contributed by atoms with E-state index in [1.165, 1.54) is 6.33 Å². The molecule has 0 radical (unpaired) electrons. The molecule has 0 fully saturated rings. The van der Waals surface area contributed by atoms with E-state index in [1.54, 1.807) is 18.5 Å². The molecule has 1 N–H and O–H groups in total. The third kappa shape index (κ3) is 3.28. The van der Waals surface area contributed by atoms with Gasteiger partial charge in [-0.15, -0.1) is 0 Å². The molecule has 0 aliphatic rings. The van der Waals surface area contributed by atoms with Gasteiger partial charge in [0.05, 0.1) is 24.1 Å². The summed E-state index contributed by atoms with van der Waals surface area (Å²) in [4.78, 5) is 4.05. The predicted molar refractivity (Wildman–Crippen MR) is 61.7 cm³/mol. The highest BCUT2D eigenvalue weighted by atomic mass is 32.2. The Morgan fingerprint density at radius 1 is 1.50 bits per heavy atom.